The molecular weight excluding hydrogens is 174 g/mol. The molecule has 0 amide bonds. The highest BCUT2D eigenvalue weighted by molar-refractivity contribution is 5.05. The second kappa shape index (κ2) is 3.07. The Kier molecular flexibility index (Phi) is 1.85. The lowest BCUT2D eigenvalue weighted by molar-refractivity contribution is 0.373. The van der Waals surface area contributed by atoms with Crippen molar-refractivity contribution in [1.82, 2.24) is 14.8 Å². The summed E-state index contributed by atoms with van der Waals surface area (Å²) in [6.45, 7) is 2.25. The van der Waals surface area contributed by atoms with E-state index in [1.165, 1.54) is 37.9 Å². The Morgan fingerprint density at radius 2 is 2.07 bits per heavy atom. The maximum atomic E-state index is 4.68. The van der Waals surface area contributed by atoms with Crippen molar-refractivity contribution in [3.8, 4) is 0 Å². The van der Waals surface area contributed by atoms with Gasteiger partial charge in [-0.15, -0.1) is 0 Å². The Balaban J connectivity index is 1.93. The molecule has 76 valence electrons. The third-order valence-electron chi connectivity index (χ3n) is 3.63. The summed E-state index contributed by atoms with van der Waals surface area (Å²) >= 11 is 0. The molecular formula is C11H17N3. The zero-order valence-electron chi connectivity index (χ0n) is 8.74. The van der Waals surface area contributed by atoms with Gasteiger partial charge in [-0.3, -0.25) is 0 Å². The van der Waals surface area contributed by atoms with Gasteiger partial charge in [0.05, 0.1) is 6.04 Å². The molecule has 0 saturated heterocycles. The second-order valence-electron chi connectivity index (χ2n) is 4.70. The van der Waals surface area contributed by atoms with Crippen LogP contribution >= 0.6 is 0 Å². The molecule has 1 aromatic heterocycles. The van der Waals surface area contributed by atoms with Crippen LogP contribution in [-0.4, -0.2) is 14.8 Å². The smallest absolute Gasteiger partial charge is 0.154 e. The number of hydrogen-bond acceptors (Lipinski definition) is 2. The minimum absolute atomic E-state index is 0.570. The number of aromatic nitrogens is 3. The average Bonchev–Trinajstić information content (AvgIpc) is 2.46. The van der Waals surface area contributed by atoms with Crippen molar-refractivity contribution in [2.45, 2.75) is 57.4 Å². The van der Waals surface area contributed by atoms with E-state index in [0.717, 1.165) is 12.2 Å². The topological polar surface area (TPSA) is 30.7 Å². The van der Waals surface area contributed by atoms with E-state index in [2.05, 4.69) is 21.7 Å². The molecule has 2 aliphatic rings. The van der Waals surface area contributed by atoms with E-state index in [-0.39, 0.29) is 0 Å². The standard InChI is InChI=1S/C11H17N3/c1-8-4-2-7-10-12-11(13-14(8)10)9-5-3-6-9/h8-9H,2-7H2,1H3. The first-order valence-corrected chi connectivity index (χ1v) is 5.80. The van der Waals surface area contributed by atoms with Gasteiger partial charge < -0.3 is 0 Å². The van der Waals surface area contributed by atoms with Gasteiger partial charge in [0, 0.05) is 12.3 Å². The first-order valence-electron chi connectivity index (χ1n) is 5.80. The Labute approximate surface area is 84.5 Å². The highest BCUT2D eigenvalue weighted by Crippen LogP contribution is 2.35. The minimum atomic E-state index is 0.570. The number of nitrogens with zero attached hydrogens (tertiary/aromatic N) is 3. The van der Waals surface area contributed by atoms with Crippen molar-refractivity contribution in [2.75, 3.05) is 0 Å². The maximum Gasteiger partial charge on any atom is 0.154 e. The summed E-state index contributed by atoms with van der Waals surface area (Å²) in [6.07, 6.45) is 7.65. The molecule has 1 atom stereocenters. The van der Waals surface area contributed by atoms with E-state index in [1.807, 2.05) is 0 Å². The molecule has 14 heavy (non-hydrogen) atoms. The van der Waals surface area contributed by atoms with Crippen LogP contribution in [0.3, 0.4) is 0 Å². The van der Waals surface area contributed by atoms with Crippen LogP contribution < -0.4 is 0 Å². The van der Waals surface area contributed by atoms with Crippen molar-refractivity contribution in [3.05, 3.63) is 11.6 Å². The summed E-state index contributed by atoms with van der Waals surface area (Å²) in [5.41, 5.74) is 0. The average molecular weight is 191 g/mol. The zero-order valence-corrected chi connectivity index (χ0v) is 8.74. The first kappa shape index (κ1) is 8.45. The Bertz CT molecular complexity index is 338. The molecule has 1 unspecified atom stereocenters. The summed E-state index contributed by atoms with van der Waals surface area (Å²) in [4.78, 5) is 4.68. The van der Waals surface area contributed by atoms with Crippen LogP contribution in [0.5, 0.6) is 0 Å². The lowest BCUT2D eigenvalue weighted by Crippen LogP contribution is -2.16. The molecule has 1 aliphatic heterocycles. The lowest BCUT2D eigenvalue weighted by atomic mass is 9.85. The van der Waals surface area contributed by atoms with Gasteiger partial charge in [-0.05, 0) is 32.6 Å². The Morgan fingerprint density at radius 1 is 1.21 bits per heavy atom. The van der Waals surface area contributed by atoms with E-state index in [1.54, 1.807) is 0 Å². The quantitative estimate of drug-likeness (QED) is 0.682. The predicted octanol–water partition coefficient (Wildman–Crippen LogP) is 2.44. The molecule has 0 bridgehead atoms. The Morgan fingerprint density at radius 3 is 2.71 bits per heavy atom. The van der Waals surface area contributed by atoms with Crippen LogP contribution in [0, 0.1) is 0 Å². The third kappa shape index (κ3) is 1.18. The summed E-state index contributed by atoms with van der Waals surface area (Å²) < 4.78 is 2.16. The number of hydrogen-bond donors (Lipinski definition) is 0. The number of fused-ring (bicyclic) bond motifs is 1. The van der Waals surface area contributed by atoms with Crippen LogP contribution in [0.15, 0.2) is 0 Å². The second-order valence-corrected chi connectivity index (χ2v) is 4.70. The molecule has 1 saturated carbocycles. The van der Waals surface area contributed by atoms with Gasteiger partial charge in [-0.1, -0.05) is 6.42 Å². The van der Waals surface area contributed by atoms with E-state index in [0.29, 0.717) is 12.0 Å². The third-order valence-corrected chi connectivity index (χ3v) is 3.63. The molecule has 1 aromatic rings. The monoisotopic (exact) mass is 191 g/mol. The van der Waals surface area contributed by atoms with Gasteiger partial charge in [0.15, 0.2) is 5.82 Å². The minimum Gasteiger partial charge on any atom is -0.247 e. The predicted molar refractivity (Wildman–Crippen MR) is 54.3 cm³/mol. The number of aryl methyl sites for hydroxylation is 1. The summed E-state index contributed by atoms with van der Waals surface area (Å²) in [5.74, 6) is 3.03. The van der Waals surface area contributed by atoms with E-state index in [9.17, 15) is 0 Å². The molecule has 1 fully saturated rings. The fourth-order valence-corrected chi connectivity index (χ4v) is 2.41. The van der Waals surface area contributed by atoms with Crippen molar-refractivity contribution >= 4 is 0 Å². The van der Waals surface area contributed by atoms with Crippen LogP contribution in [0.2, 0.25) is 0 Å². The molecule has 3 rings (SSSR count). The van der Waals surface area contributed by atoms with E-state index < -0.39 is 0 Å². The molecule has 1 aliphatic carbocycles. The van der Waals surface area contributed by atoms with E-state index >= 15 is 0 Å². The molecule has 2 heterocycles. The fraction of sp³-hybridized carbons (Fsp3) is 0.818. The molecule has 0 radical (unpaired) electrons. The summed E-state index contributed by atoms with van der Waals surface area (Å²) in [6, 6.07) is 0.570. The lowest BCUT2D eigenvalue weighted by Gasteiger charge is -2.22. The SMILES string of the molecule is CC1CCCc2nc(C3CCC3)nn21. The van der Waals surface area contributed by atoms with Crippen LogP contribution in [-0.2, 0) is 6.42 Å². The molecule has 0 aromatic carbocycles. The highest BCUT2D eigenvalue weighted by Gasteiger charge is 2.27. The van der Waals surface area contributed by atoms with Crippen LogP contribution in [0.25, 0.3) is 0 Å². The maximum absolute atomic E-state index is 4.68. The summed E-state index contributed by atoms with van der Waals surface area (Å²) in [7, 11) is 0. The van der Waals surface area contributed by atoms with E-state index in [4.69, 9.17) is 0 Å². The zero-order chi connectivity index (χ0) is 9.54. The largest absolute Gasteiger partial charge is 0.247 e. The summed E-state index contributed by atoms with van der Waals surface area (Å²) in [5, 5.41) is 4.66. The number of rotatable bonds is 1. The van der Waals surface area contributed by atoms with Crippen molar-refractivity contribution in [2.24, 2.45) is 0 Å². The molecule has 0 N–H and O–H groups in total. The van der Waals surface area contributed by atoms with Gasteiger partial charge >= 0.3 is 0 Å². The normalized spacial score (nSPS) is 27.1. The van der Waals surface area contributed by atoms with Crippen LogP contribution in [0.4, 0.5) is 0 Å². The van der Waals surface area contributed by atoms with Crippen molar-refractivity contribution in [3.63, 3.8) is 0 Å². The van der Waals surface area contributed by atoms with Gasteiger partial charge in [0.2, 0.25) is 0 Å². The Hall–Kier alpha value is -0.860. The van der Waals surface area contributed by atoms with Crippen molar-refractivity contribution in [1.29, 1.82) is 0 Å². The van der Waals surface area contributed by atoms with Gasteiger partial charge in [-0.25, -0.2) is 9.67 Å². The van der Waals surface area contributed by atoms with Gasteiger partial charge in [-0.2, -0.15) is 5.10 Å². The van der Waals surface area contributed by atoms with Crippen LogP contribution in [0.1, 0.15) is 62.6 Å². The van der Waals surface area contributed by atoms with Gasteiger partial charge in [0.1, 0.15) is 5.82 Å². The highest BCUT2D eigenvalue weighted by atomic mass is 15.4. The van der Waals surface area contributed by atoms with Crippen molar-refractivity contribution < 1.29 is 0 Å². The first-order chi connectivity index (χ1) is 6.84. The van der Waals surface area contributed by atoms with Gasteiger partial charge in [0.25, 0.3) is 0 Å². The fourth-order valence-electron chi connectivity index (χ4n) is 2.41. The molecule has 3 nitrogen and oxygen atoms in total. The molecule has 3 heteroatoms. The molecule has 0 spiro atoms.